The van der Waals surface area contributed by atoms with Crippen LogP contribution in [-0.4, -0.2) is 22.4 Å². The van der Waals surface area contributed by atoms with Gasteiger partial charge in [0.15, 0.2) is 12.0 Å². The van der Waals surface area contributed by atoms with Gasteiger partial charge in [-0.25, -0.2) is 4.79 Å². The number of aliphatic imine (C=N–C) groups is 1. The van der Waals surface area contributed by atoms with Crippen molar-refractivity contribution in [2.24, 2.45) is 10.9 Å². The SMILES string of the molecule is CSC(=N[C@@H](C(=O)O)c1ccccc1)C(C#N)C#N. The van der Waals surface area contributed by atoms with Crippen LogP contribution in [-0.2, 0) is 4.79 Å². The van der Waals surface area contributed by atoms with E-state index in [1.165, 1.54) is 0 Å². The lowest BCUT2D eigenvalue weighted by molar-refractivity contribution is -0.138. The lowest BCUT2D eigenvalue weighted by Gasteiger charge is -2.10. The van der Waals surface area contributed by atoms with Gasteiger partial charge in [-0.3, -0.25) is 4.99 Å². The maximum atomic E-state index is 11.3. The first-order valence-electron chi connectivity index (χ1n) is 5.32. The molecule has 1 aromatic rings. The van der Waals surface area contributed by atoms with Crippen LogP contribution in [0.1, 0.15) is 11.6 Å². The Morgan fingerprint density at radius 2 is 1.89 bits per heavy atom. The Bertz CT molecular complexity index is 543. The normalized spacial score (nSPS) is 12.5. The van der Waals surface area contributed by atoms with E-state index in [1.54, 1.807) is 48.7 Å². The van der Waals surface area contributed by atoms with Gasteiger partial charge in [0.05, 0.1) is 12.1 Å². The van der Waals surface area contributed by atoms with Crippen LogP contribution in [0.2, 0.25) is 0 Å². The van der Waals surface area contributed by atoms with E-state index in [4.69, 9.17) is 10.5 Å². The summed E-state index contributed by atoms with van der Waals surface area (Å²) in [5, 5.41) is 27.1. The van der Waals surface area contributed by atoms with Gasteiger partial charge in [0.2, 0.25) is 0 Å². The zero-order chi connectivity index (χ0) is 14.3. The molecular formula is C13H11N3O2S. The Morgan fingerprint density at radius 3 is 2.32 bits per heavy atom. The number of carboxylic acids is 1. The molecule has 0 amide bonds. The Labute approximate surface area is 115 Å². The average Bonchev–Trinajstić information content (AvgIpc) is 2.44. The first kappa shape index (κ1) is 14.7. The number of carbonyl (C=O) groups is 1. The van der Waals surface area contributed by atoms with Crippen molar-refractivity contribution in [2.75, 3.05) is 6.26 Å². The summed E-state index contributed by atoms with van der Waals surface area (Å²) in [6.45, 7) is 0. The maximum absolute atomic E-state index is 11.3. The van der Waals surface area contributed by atoms with Crippen molar-refractivity contribution >= 4 is 22.8 Å². The van der Waals surface area contributed by atoms with Gasteiger partial charge in [0, 0.05) is 0 Å². The van der Waals surface area contributed by atoms with Crippen molar-refractivity contribution in [1.29, 1.82) is 10.5 Å². The highest BCUT2D eigenvalue weighted by Crippen LogP contribution is 2.21. The van der Waals surface area contributed by atoms with Gasteiger partial charge >= 0.3 is 5.97 Å². The number of hydrogen-bond donors (Lipinski definition) is 1. The third-order valence-corrected chi connectivity index (χ3v) is 3.08. The Morgan fingerprint density at radius 1 is 1.32 bits per heavy atom. The molecule has 0 spiro atoms. The second kappa shape index (κ2) is 7.20. The fraction of sp³-hybridized carbons (Fsp3) is 0.231. The standard InChI is InChI=1S/C13H11N3O2S/c1-19-12(10(7-14)8-15)16-11(13(17)18)9-5-3-2-4-6-9/h2-6,10-11H,1H3,(H,17,18)/t11-/m1/s1. The van der Waals surface area contributed by atoms with Crippen LogP contribution >= 0.6 is 11.8 Å². The van der Waals surface area contributed by atoms with E-state index in [1.807, 2.05) is 0 Å². The number of nitriles is 2. The number of carboxylic acid groups (broad SMARTS) is 1. The molecule has 0 unspecified atom stereocenters. The molecule has 0 aliphatic rings. The minimum atomic E-state index is -1.12. The zero-order valence-corrected chi connectivity index (χ0v) is 11.0. The summed E-state index contributed by atoms with van der Waals surface area (Å²) in [5.41, 5.74) is 0.510. The Hall–Kier alpha value is -2.31. The summed E-state index contributed by atoms with van der Waals surface area (Å²) in [7, 11) is 0. The van der Waals surface area contributed by atoms with E-state index in [9.17, 15) is 9.90 Å². The third-order valence-electron chi connectivity index (χ3n) is 2.32. The second-order valence-electron chi connectivity index (χ2n) is 3.51. The predicted octanol–water partition coefficient (Wildman–Crippen LogP) is 2.24. The molecule has 19 heavy (non-hydrogen) atoms. The summed E-state index contributed by atoms with van der Waals surface area (Å²) in [6, 6.07) is 11.0. The molecule has 0 saturated carbocycles. The van der Waals surface area contributed by atoms with Gasteiger partial charge in [-0.05, 0) is 11.8 Å². The van der Waals surface area contributed by atoms with Gasteiger partial charge in [-0.2, -0.15) is 10.5 Å². The van der Waals surface area contributed by atoms with Crippen LogP contribution in [0.3, 0.4) is 0 Å². The van der Waals surface area contributed by atoms with Crippen LogP contribution < -0.4 is 0 Å². The highest BCUT2D eigenvalue weighted by Gasteiger charge is 2.22. The highest BCUT2D eigenvalue weighted by atomic mass is 32.2. The van der Waals surface area contributed by atoms with Crippen molar-refractivity contribution in [1.82, 2.24) is 0 Å². The molecule has 0 aliphatic carbocycles. The van der Waals surface area contributed by atoms with Crippen molar-refractivity contribution in [2.45, 2.75) is 6.04 Å². The number of nitrogens with zero attached hydrogens (tertiary/aromatic N) is 3. The van der Waals surface area contributed by atoms with E-state index < -0.39 is 17.9 Å². The monoisotopic (exact) mass is 273 g/mol. The van der Waals surface area contributed by atoms with E-state index in [0.29, 0.717) is 5.56 Å². The summed E-state index contributed by atoms with van der Waals surface area (Å²) < 4.78 is 0. The Kier molecular flexibility index (Phi) is 5.59. The summed E-state index contributed by atoms with van der Waals surface area (Å²) in [5.74, 6) is -2.16. The van der Waals surface area contributed by atoms with Crippen molar-refractivity contribution in [3.63, 3.8) is 0 Å². The van der Waals surface area contributed by atoms with Gasteiger partial charge in [-0.1, -0.05) is 30.3 Å². The van der Waals surface area contributed by atoms with Crippen LogP contribution in [0, 0.1) is 28.6 Å². The minimum absolute atomic E-state index is 0.209. The number of rotatable bonds is 4. The molecule has 1 atom stereocenters. The first-order valence-corrected chi connectivity index (χ1v) is 6.55. The fourth-order valence-electron chi connectivity index (χ4n) is 1.42. The van der Waals surface area contributed by atoms with E-state index >= 15 is 0 Å². The van der Waals surface area contributed by atoms with Gasteiger partial charge in [0.1, 0.15) is 5.04 Å². The van der Waals surface area contributed by atoms with E-state index in [2.05, 4.69) is 4.99 Å². The van der Waals surface area contributed by atoms with Crippen molar-refractivity contribution in [3.8, 4) is 12.1 Å². The first-order chi connectivity index (χ1) is 9.13. The van der Waals surface area contributed by atoms with Gasteiger partial charge in [0.25, 0.3) is 0 Å². The fourth-order valence-corrected chi connectivity index (χ4v) is 1.97. The summed E-state index contributed by atoms with van der Waals surface area (Å²) >= 11 is 1.11. The molecule has 0 heterocycles. The summed E-state index contributed by atoms with van der Waals surface area (Å²) in [4.78, 5) is 15.3. The molecule has 1 N–H and O–H groups in total. The molecule has 0 fully saturated rings. The number of aliphatic carboxylic acids is 1. The minimum Gasteiger partial charge on any atom is -0.479 e. The molecule has 96 valence electrons. The Balaban J connectivity index is 3.18. The zero-order valence-electron chi connectivity index (χ0n) is 10.1. The molecule has 0 aromatic heterocycles. The maximum Gasteiger partial charge on any atom is 0.333 e. The lowest BCUT2D eigenvalue weighted by Crippen LogP contribution is -2.14. The van der Waals surface area contributed by atoms with Crippen LogP contribution in [0.15, 0.2) is 35.3 Å². The summed E-state index contributed by atoms with van der Waals surface area (Å²) in [6.07, 6.45) is 1.66. The van der Waals surface area contributed by atoms with Crippen LogP contribution in [0.25, 0.3) is 0 Å². The molecule has 0 bridgehead atoms. The van der Waals surface area contributed by atoms with Crippen molar-refractivity contribution in [3.05, 3.63) is 35.9 Å². The molecule has 1 rings (SSSR count). The number of hydrogen-bond acceptors (Lipinski definition) is 5. The van der Waals surface area contributed by atoms with Crippen molar-refractivity contribution < 1.29 is 9.90 Å². The molecule has 0 aliphatic heterocycles. The predicted molar refractivity (Wildman–Crippen MR) is 72.5 cm³/mol. The molecule has 0 radical (unpaired) electrons. The smallest absolute Gasteiger partial charge is 0.333 e. The van der Waals surface area contributed by atoms with Crippen LogP contribution in [0.5, 0.6) is 0 Å². The molecule has 0 saturated heterocycles. The van der Waals surface area contributed by atoms with Gasteiger partial charge < -0.3 is 5.11 Å². The van der Waals surface area contributed by atoms with E-state index in [0.717, 1.165) is 11.8 Å². The van der Waals surface area contributed by atoms with E-state index in [-0.39, 0.29) is 5.04 Å². The molecule has 5 nitrogen and oxygen atoms in total. The molecule has 1 aromatic carbocycles. The number of thioether (sulfide) groups is 1. The average molecular weight is 273 g/mol. The molecular weight excluding hydrogens is 262 g/mol. The quantitative estimate of drug-likeness (QED) is 0.670. The van der Waals surface area contributed by atoms with Crippen LogP contribution in [0.4, 0.5) is 0 Å². The largest absolute Gasteiger partial charge is 0.479 e. The highest BCUT2D eigenvalue weighted by molar-refractivity contribution is 8.13. The second-order valence-corrected chi connectivity index (χ2v) is 4.34. The third kappa shape index (κ3) is 3.84. The number of benzene rings is 1. The lowest BCUT2D eigenvalue weighted by atomic mass is 10.1. The topological polar surface area (TPSA) is 97.2 Å². The van der Waals surface area contributed by atoms with Gasteiger partial charge in [-0.15, -0.1) is 11.8 Å². The molecule has 6 heteroatoms.